The summed E-state index contributed by atoms with van der Waals surface area (Å²) in [6.07, 6.45) is 5.03. The van der Waals surface area contributed by atoms with Gasteiger partial charge in [0.05, 0.1) is 36.0 Å². The number of methoxy groups -OCH3 is 1. The van der Waals surface area contributed by atoms with Crippen molar-refractivity contribution >= 4 is 23.2 Å². The average Bonchev–Trinajstić information content (AvgIpc) is 3.29. The molecule has 0 saturated heterocycles. The van der Waals surface area contributed by atoms with E-state index in [2.05, 4.69) is 20.3 Å². The number of aromatic amines is 1. The predicted molar refractivity (Wildman–Crippen MR) is 113 cm³/mol. The number of H-pyrrole nitrogens is 1. The molecule has 0 atom stereocenters. The van der Waals surface area contributed by atoms with Gasteiger partial charge in [0.1, 0.15) is 5.75 Å². The lowest BCUT2D eigenvalue weighted by molar-refractivity contribution is 0.102. The highest BCUT2D eigenvalue weighted by Crippen LogP contribution is 2.34. The van der Waals surface area contributed by atoms with E-state index in [1.165, 1.54) is 0 Å². The third kappa shape index (κ3) is 3.97. The maximum Gasteiger partial charge on any atom is 0.255 e. The first-order valence-electron chi connectivity index (χ1n) is 8.85. The summed E-state index contributed by atoms with van der Waals surface area (Å²) in [6, 6.07) is 16.2. The van der Waals surface area contributed by atoms with E-state index in [1.807, 2.05) is 24.3 Å². The third-order valence-corrected chi connectivity index (χ3v) is 4.73. The summed E-state index contributed by atoms with van der Waals surface area (Å²) < 4.78 is 5.46. The summed E-state index contributed by atoms with van der Waals surface area (Å²) >= 11 is 6.24. The van der Waals surface area contributed by atoms with Crippen molar-refractivity contribution in [1.29, 1.82) is 0 Å². The topological polar surface area (TPSA) is 79.9 Å². The van der Waals surface area contributed by atoms with Gasteiger partial charge in [-0.05, 0) is 48.0 Å². The molecule has 0 saturated carbocycles. The Bertz CT molecular complexity index is 1140. The van der Waals surface area contributed by atoms with Crippen LogP contribution in [0, 0.1) is 0 Å². The Morgan fingerprint density at radius 3 is 2.66 bits per heavy atom. The van der Waals surface area contributed by atoms with Crippen LogP contribution in [0.5, 0.6) is 5.75 Å². The Balaban J connectivity index is 1.55. The smallest absolute Gasteiger partial charge is 0.255 e. The van der Waals surface area contributed by atoms with Crippen molar-refractivity contribution in [3.05, 3.63) is 83.9 Å². The maximum absolute atomic E-state index is 12.7. The van der Waals surface area contributed by atoms with Crippen molar-refractivity contribution < 1.29 is 9.53 Å². The third-order valence-electron chi connectivity index (χ3n) is 4.43. The second-order valence-corrected chi connectivity index (χ2v) is 6.65. The molecular weight excluding hydrogens is 388 g/mol. The molecule has 2 heterocycles. The lowest BCUT2D eigenvalue weighted by Crippen LogP contribution is -2.12. The van der Waals surface area contributed by atoms with Crippen molar-refractivity contribution in [2.24, 2.45) is 0 Å². The maximum atomic E-state index is 12.7. The summed E-state index contributed by atoms with van der Waals surface area (Å²) in [7, 11) is 1.55. The molecule has 0 bridgehead atoms. The van der Waals surface area contributed by atoms with Crippen LogP contribution >= 0.6 is 11.6 Å². The molecule has 2 aromatic heterocycles. The second kappa shape index (κ2) is 8.16. The fourth-order valence-corrected chi connectivity index (χ4v) is 3.19. The molecule has 144 valence electrons. The van der Waals surface area contributed by atoms with Crippen LogP contribution in [-0.2, 0) is 0 Å². The quantitative estimate of drug-likeness (QED) is 0.487. The number of carbonyl (C=O) groups is 1. The molecule has 0 fully saturated rings. The molecule has 0 radical (unpaired) electrons. The number of rotatable bonds is 5. The molecule has 7 heteroatoms. The highest BCUT2D eigenvalue weighted by molar-refractivity contribution is 6.33. The van der Waals surface area contributed by atoms with E-state index in [9.17, 15) is 4.79 Å². The first-order valence-corrected chi connectivity index (χ1v) is 9.22. The Labute approximate surface area is 172 Å². The van der Waals surface area contributed by atoms with E-state index in [0.717, 1.165) is 16.8 Å². The molecule has 29 heavy (non-hydrogen) atoms. The highest BCUT2D eigenvalue weighted by atomic mass is 35.5. The highest BCUT2D eigenvalue weighted by Gasteiger charge is 2.14. The van der Waals surface area contributed by atoms with E-state index >= 15 is 0 Å². The zero-order valence-corrected chi connectivity index (χ0v) is 16.3. The number of hydrogen-bond acceptors (Lipinski definition) is 4. The Hall–Kier alpha value is -3.64. The molecule has 0 aliphatic carbocycles. The summed E-state index contributed by atoms with van der Waals surface area (Å²) in [4.78, 5) is 24.1. The Morgan fingerprint density at radius 1 is 1.14 bits per heavy atom. The van der Waals surface area contributed by atoms with Gasteiger partial charge < -0.3 is 15.0 Å². The largest absolute Gasteiger partial charge is 0.496 e. The van der Waals surface area contributed by atoms with E-state index in [4.69, 9.17) is 16.3 Å². The van der Waals surface area contributed by atoms with Crippen LogP contribution in [0.3, 0.4) is 0 Å². The summed E-state index contributed by atoms with van der Waals surface area (Å²) in [6.45, 7) is 0. The first-order chi connectivity index (χ1) is 14.2. The molecule has 2 N–H and O–H groups in total. The van der Waals surface area contributed by atoms with Crippen LogP contribution < -0.4 is 10.1 Å². The van der Waals surface area contributed by atoms with Gasteiger partial charge in [-0.2, -0.15) is 0 Å². The van der Waals surface area contributed by atoms with Crippen LogP contribution in [0.25, 0.3) is 22.5 Å². The van der Waals surface area contributed by atoms with Crippen molar-refractivity contribution in [2.75, 3.05) is 12.4 Å². The zero-order chi connectivity index (χ0) is 20.2. The summed E-state index contributed by atoms with van der Waals surface area (Å²) in [5, 5.41) is 3.40. The molecule has 1 amide bonds. The van der Waals surface area contributed by atoms with Crippen molar-refractivity contribution in [1.82, 2.24) is 15.0 Å². The minimum absolute atomic E-state index is 0.240. The lowest BCUT2D eigenvalue weighted by Gasteiger charge is -2.12. The molecule has 6 nitrogen and oxygen atoms in total. The van der Waals surface area contributed by atoms with E-state index in [1.54, 1.807) is 56.2 Å². The molecule has 4 aromatic rings. The van der Waals surface area contributed by atoms with Crippen LogP contribution in [0.2, 0.25) is 5.02 Å². The number of anilines is 1. The van der Waals surface area contributed by atoms with Gasteiger partial charge in [0.25, 0.3) is 5.91 Å². The van der Waals surface area contributed by atoms with Crippen LogP contribution in [0.15, 0.2) is 73.3 Å². The van der Waals surface area contributed by atoms with Crippen molar-refractivity contribution in [3.8, 4) is 28.3 Å². The zero-order valence-electron chi connectivity index (χ0n) is 15.5. The number of imidazole rings is 1. The molecule has 0 aliphatic rings. The number of nitrogens with one attached hydrogen (secondary N) is 2. The van der Waals surface area contributed by atoms with Gasteiger partial charge in [0.2, 0.25) is 0 Å². The lowest BCUT2D eigenvalue weighted by atomic mass is 10.1. The van der Waals surface area contributed by atoms with Gasteiger partial charge in [-0.25, -0.2) is 4.98 Å². The number of benzene rings is 2. The van der Waals surface area contributed by atoms with Crippen LogP contribution in [-0.4, -0.2) is 28.0 Å². The van der Waals surface area contributed by atoms with Gasteiger partial charge in [-0.15, -0.1) is 0 Å². The Morgan fingerprint density at radius 2 is 1.97 bits per heavy atom. The van der Waals surface area contributed by atoms with E-state index in [-0.39, 0.29) is 5.91 Å². The number of nitrogens with zero attached hydrogens (tertiary/aromatic N) is 2. The summed E-state index contributed by atoms with van der Waals surface area (Å²) in [5.74, 6) is 0.282. The number of aromatic nitrogens is 3. The summed E-state index contributed by atoms with van der Waals surface area (Å²) in [5.41, 5.74) is 4.38. The standard InChI is InChI=1S/C22H17ClN4O2/c1-29-20-11-15(6-9-17(20)21-18(23)3-2-10-25-21)22(28)27-16-7-4-14(5-8-16)19-12-24-13-26-19/h2-13H,1H3,(H,24,26)(H,27,28). The van der Waals surface area contributed by atoms with Gasteiger partial charge in [-0.1, -0.05) is 23.7 Å². The van der Waals surface area contributed by atoms with Gasteiger partial charge in [0, 0.05) is 23.0 Å². The molecule has 0 unspecified atom stereocenters. The monoisotopic (exact) mass is 404 g/mol. The molecule has 0 spiro atoms. The fraction of sp³-hybridized carbons (Fsp3) is 0.0455. The number of halogens is 1. The number of ether oxygens (including phenoxy) is 1. The predicted octanol–water partition coefficient (Wildman–Crippen LogP) is 5.05. The van der Waals surface area contributed by atoms with E-state index < -0.39 is 0 Å². The number of amides is 1. The van der Waals surface area contributed by atoms with Crippen molar-refractivity contribution in [3.63, 3.8) is 0 Å². The Kier molecular flexibility index (Phi) is 5.27. The van der Waals surface area contributed by atoms with Gasteiger partial charge in [0.15, 0.2) is 0 Å². The van der Waals surface area contributed by atoms with Gasteiger partial charge in [-0.3, -0.25) is 9.78 Å². The van der Waals surface area contributed by atoms with Crippen LogP contribution in [0.1, 0.15) is 10.4 Å². The number of pyridine rings is 1. The molecule has 2 aromatic carbocycles. The minimum Gasteiger partial charge on any atom is -0.496 e. The van der Waals surface area contributed by atoms with Crippen LogP contribution in [0.4, 0.5) is 5.69 Å². The first kappa shape index (κ1) is 18.7. The van der Waals surface area contributed by atoms with E-state index in [0.29, 0.717) is 27.7 Å². The molecule has 0 aliphatic heterocycles. The number of carbonyl (C=O) groups excluding carboxylic acids is 1. The number of hydrogen-bond donors (Lipinski definition) is 2. The normalized spacial score (nSPS) is 10.6. The molecule has 4 rings (SSSR count). The fourth-order valence-electron chi connectivity index (χ4n) is 2.96. The van der Waals surface area contributed by atoms with Gasteiger partial charge >= 0.3 is 0 Å². The second-order valence-electron chi connectivity index (χ2n) is 6.25. The SMILES string of the molecule is COc1cc(C(=O)Nc2ccc(-c3cnc[nH]3)cc2)ccc1-c1ncccc1Cl. The minimum atomic E-state index is -0.240. The average molecular weight is 405 g/mol. The van der Waals surface area contributed by atoms with Crippen molar-refractivity contribution in [2.45, 2.75) is 0 Å². The molecular formula is C22H17ClN4O2.